The molecule has 0 atom stereocenters. The van der Waals surface area contributed by atoms with Gasteiger partial charge in [0, 0.05) is 19.1 Å². The molecule has 0 saturated heterocycles. The molecule has 0 spiro atoms. The lowest BCUT2D eigenvalue weighted by molar-refractivity contribution is -0.130. The third-order valence-corrected chi connectivity index (χ3v) is 2.95. The number of carbonyl (C=O) groups is 1. The molecule has 4 heteroatoms. The molecular weight excluding hydrogens is 219 g/mol. The van der Waals surface area contributed by atoms with Crippen LogP contribution in [0.5, 0.6) is 0 Å². The second-order valence-electron chi connectivity index (χ2n) is 4.41. The Hall–Kier alpha value is -1.42. The van der Waals surface area contributed by atoms with Crippen LogP contribution < -0.4 is 5.73 Å². The number of benzene rings is 1. The van der Waals surface area contributed by atoms with Crippen LogP contribution in [-0.4, -0.2) is 29.9 Å². The first kappa shape index (κ1) is 12.0. The quantitative estimate of drug-likeness (QED) is 0.838. The van der Waals surface area contributed by atoms with Crippen molar-refractivity contribution in [3.63, 3.8) is 0 Å². The van der Waals surface area contributed by atoms with Gasteiger partial charge >= 0.3 is 0 Å². The van der Waals surface area contributed by atoms with Crippen molar-refractivity contribution < 1.29 is 9.18 Å². The maximum absolute atomic E-state index is 12.7. The van der Waals surface area contributed by atoms with Gasteiger partial charge in [-0.05, 0) is 30.5 Å². The first-order valence-electron chi connectivity index (χ1n) is 5.94. The van der Waals surface area contributed by atoms with E-state index in [1.54, 1.807) is 12.1 Å². The highest BCUT2D eigenvalue weighted by atomic mass is 19.1. The lowest BCUT2D eigenvalue weighted by atomic mass is 10.1. The average molecular weight is 236 g/mol. The summed E-state index contributed by atoms with van der Waals surface area (Å²) in [6.07, 6.45) is 2.49. The summed E-state index contributed by atoms with van der Waals surface area (Å²) >= 11 is 0. The molecule has 2 N–H and O–H groups in total. The number of nitrogens with two attached hydrogens (primary N) is 1. The summed E-state index contributed by atoms with van der Waals surface area (Å²) in [4.78, 5) is 13.9. The van der Waals surface area contributed by atoms with Crippen molar-refractivity contribution in [2.24, 2.45) is 5.73 Å². The van der Waals surface area contributed by atoms with E-state index in [0.717, 1.165) is 18.4 Å². The van der Waals surface area contributed by atoms with Crippen molar-refractivity contribution >= 4 is 5.91 Å². The Morgan fingerprint density at radius 2 is 2.00 bits per heavy atom. The molecule has 0 aromatic heterocycles. The van der Waals surface area contributed by atoms with Crippen LogP contribution in [0.2, 0.25) is 0 Å². The minimum Gasteiger partial charge on any atom is -0.338 e. The number of halogens is 1. The molecule has 1 fully saturated rings. The van der Waals surface area contributed by atoms with E-state index in [4.69, 9.17) is 5.73 Å². The predicted octanol–water partition coefficient (Wildman–Crippen LogP) is 1.32. The van der Waals surface area contributed by atoms with Gasteiger partial charge in [0.1, 0.15) is 5.82 Å². The summed E-state index contributed by atoms with van der Waals surface area (Å²) in [5.41, 5.74) is 6.35. The first-order valence-corrected chi connectivity index (χ1v) is 5.94. The Labute approximate surface area is 100 Å². The van der Waals surface area contributed by atoms with Crippen LogP contribution >= 0.6 is 0 Å². The normalized spacial score (nSPS) is 14.7. The fourth-order valence-electron chi connectivity index (χ4n) is 1.91. The molecule has 1 aromatic rings. The Bertz CT molecular complexity index is 387. The van der Waals surface area contributed by atoms with Crippen molar-refractivity contribution in [2.75, 3.05) is 13.1 Å². The van der Waals surface area contributed by atoms with E-state index in [0.29, 0.717) is 25.6 Å². The molecule has 17 heavy (non-hydrogen) atoms. The summed E-state index contributed by atoms with van der Waals surface area (Å²) in [7, 11) is 0. The molecule has 2 rings (SSSR count). The average Bonchev–Trinajstić information content (AvgIpc) is 3.13. The Morgan fingerprint density at radius 3 is 2.53 bits per heavy atom. The third kappa shape index (κ3) is 3.27. The van der Waals surface area contributed by atoms with Gasteiger partial charge in [0.05, 0.1) is 6.42 Å². The van der Waals surface area contributed by atoms with Gasteiger partial charge < -0.3 is 10.6 Å². The van der Waals surface area contributed by atoms with Crippen LogP contribution in [0.4, 0.5) is 4.39 Å². The lowest BCUT2D eigenvalue weighted by Gasteiger charge is -2.21. The number of rotatable bonds is 5. The first-order chi connectivity index (χ1) is 8.20. The highest BCUT2D eigenvalue weighted by molar-refractivity contribution is 5.79. The van der Waals surface area contributed by atoms with Gasteiger partial charge in [-0.15, -0.1) is 0 Å². The van der Waals surface area contributed by atoms with Crippen molar-refractivity contribution in [3.05, 3.63) is 35.6 Å². The summed E-state index contributed by atoms with van der Waals surface area (Å²) in [5.74, 6) is -0.188. The standard InChI is InChI=1S/C13H17FN2O/c14-11-3-1-10(2-4-11)9-13(17)16(8-7-15)12-5-6-12/h1-4,12H,5-9,15H2. The van der Waals surface area contributed by atoms with Crippen LogP contribution in [0.1, 0.15) is 18.4 Å². The van der Waals surface area contributed by atoms with Gasteiger partial charge in [0.15, 0.2) is 0 Å². The Kier molecular flexibility index (Phi) is 3.74. The fourth-order valence-corrected chi connectivity index (χ4v) is 1.91. The smallest absolute Gasteiger partial charge is 0.227 e. The SMILES string of the molecule is NCCN(C(=O)Cc1ccc(F)cc1)C1CC1. The number of carbonyl (C=O) groups excluding carboxylic acids is 1. The summed E-state index contributed by atoms with van der Waals surface area (Å²) < 4.78 is 12.7. The minimum absolute atomic E-state index is 0.0876. The van der Waals surface area contributed by atoms with Crippen LogP contribution in [0.25, 0.3) is 0 Å². The maximum atomic E-state index is 12.7. The van der Waals surface area contributed by atoms with E-state index in [2.05, 4.69) is 0 Å². The third-order valence-electron chi connectivity index (χ3n) is 2.95. The van der Waals surface area contributed by atoms with Gasteiger partial charge in [0.25, 0.3) is 0 Å². The van der Waals surface area contributed by atoms with Crippen LogP contribution in [0.15, 0.2) is 24.3 Å². The van der Waals surface area contributed by atoms with Crippen molar-refractivity contribution in [3.8, 4) is 0 Å². The fraction of sp³-hybridized carbons (Fsp3) is 0.462. The van der Waals surface area contributed by atoms with E-state index in [-0.39, 0.29) is 11.7 Å². The molecule has 0 bridgehead atoms. The van der Waals surface area contributed by atoms with Crippen LogP contribution in [0.3, 0.4) is 0 Å². The molecule has 1 aliphatic carbocycles. The molecule has 0 heterocycles. The molecule has 1 aromatic carbocycles. The highest BCUT2D eigenvalue weighted by Crippen LogP contribution is 2.27. The molecule has 1 amide bonds. The molecule has 1 saturated carbocycles. The van der Waals surface area contributed by atoms with E-state index in [9.17, 15) is 9.18 Å². The second kappa shape index (κ2) is 5.27. The summed E-state index contributed by atoms with van der Waals surface area (Å²) in [6, 6.07) is 6.45. The zero-order valence-corrected chi connectivity index (χ0v) is 9.73. The van der Waals surface area contributed by atoms with Crippen LogP contribution in [-0.2, 0) is 11.2 Å². The van der Waals surface area contributed by atoms with Gasteiger partial charge in [-0.25, -0.2) is 4.39 Å². The minimum atomic E-state index is -0.276. The van der Waals surface area contributed by atoms with E-state index in [1.807, 2.05) is 4.90 Å². The zero-order valence-electron chi connectivity index (χ0n) is 9.73. The topological polar surface area (TPSA) is 46.3 Å². The van der Waals surface area contributed by atoms with E-state index < -0.39 is 0 Å². The van der Waals surface area contributed by atoms with Crippen molar-refractivity contribution in [1.82, 2.24) is 4.90 Å². The lowest BCUT2D eigenvalue weighted by Crippen LogP contribution is -2.38. The molecule has 92 valence electrons. The Balaban J connectivity index is 1.96. The molecule has 0 unspecified atom stereocenters. The van der Waals surface area contributed by atoms with Gasteiger partial charge in [0.2, 0.25) is 5.91 Å². The number of nitrogens with zero attached hydrogens (tertiary/aromatic N) is 1. The monoisotopic (exact) mass is 236 g/mol. The van der Waals surface area contributed by atoms with Gasteiger partial charge in [-0.3, -0.25) is 4.79 Å². The van der Waals surface area contributed by atoms with Crippen molar-refractivity contribution in [2.45, 2.75) is 25.3 Å². The second-order valence-corrected chi connectivity index (χ2v) is 4.41. The number of hydrogen-bond acceptors (Lipinski definition) is 2. The summed E-state index contributed by atoms with van der Waals surface area (Å²) in [5, 5.41) is 0. The molecular formula is C13H17FN2O. The van der Waals surface area contributed by atoms with E-state index in [1.165, 1.54) is 12.1 Å². The molecule has 0 aliphatic heterocycles. The van der Waals surface area contributed by atoms with Crippen molar-refractivity contribution in [1.29, 1.82) is 0 Å². The largest absolute Gasteiger partial charge is 0.338 e. The Morgan fingerprint density at radius 1 is 1.35 bits per heavy atom. The predicted molar refractivity (Wildman–Crippen MR) is 63.9 cm³/mol. The number of amides is 1. The van der Waals surface area contributed by atoms with E-state index >= 15 is 0 Å². The van der Waals surface area contributed by atoms with Crippen LogP contribution in [0, 0.1) is 5.82 Å². The maximum Gasteiger partial charge on any atom is 0.227 e. The number of hydrogen-bond donors (Lipinski definition) is 1. The summed E-state index contributed by atoms with van der Waals surface area (Å²) in [6.45, 7) is 1.11. The van der Waals surface area contributed by atoms with Gasteiger partial charge in [-0.1, -0.05) is 12.1 Å². The molecule has 1 aliphatic rings. The zero-order chi connectivity index (χ0) is 12.3. The molecule has 3 nitrogen and oxygen atoms in total. The molecule has 0 radical (unpaired) electrons. The highest BCUT2D eigenvalue weighted by Gasteiger charge is 2.31. The van der Waals surface area contributed by atoms with Gasteiger partial charge in [-0.2, -0.15) is 0 Å².